The van der Waals surface area contributed by atoms with Crippen molar-refractivity contribution in [3.05, 3.63) is 29.8 Å². The van der Waals surface area contributed by atoms with E-state index in [9.17, 15) is 22.8 Å². The Labute approximate surface area is 160 Å². The van der Waals surface area contributed by atoms with Crippen molar-refractivity contribution in [3.8, 4) is 5.75 Å². The van der Waals surface area contributed by atoms with Crippen LogP contribution < -0.4 is 20.7 Å². The zero-order valence-electron chi connectivity index (χ0n) is 15.6. The molecule has 2 aliphatic rings. The van der Waals surface area contributed by atoms with Gasteiger partial charge in [-0.25, -0.2) is 0 Å². The number of nitrogens with one attached hydrogen (secondary N) is 3. The van der Waals surface area contributed by atoms with Crippen molar-refractivity contribution in [2.75, 3.05) is 14.1 Å². The fourth-order valence-electron chi connectivity index (χ4n) is 3.45. The highest BCUT2D eigenvalue weighted by atomic mass is 19.4. The van der Waals surface area contributed by atoms with Crippen molar-refractivity contribution in [2.24, 2.45) is 0 Å². The van der Waals surface area contributed by atoms with Crippen molar-refractivity contribution in [1.82, 2.24) is 20.9 Å². The van der Waals surface area contributed by atoms with E-state index in [2.05, 4.69) is 20.7 Å². The lowest BCUT2D eigenvalue weighted by Crippen LogP contribution is -2.66. The molecule has 2 atom stereocenters. The van der Waals surface area contributed by atoms with Crippen LogP contribution in [-0.2, 0) is 15.1 Å². The molecule has 1 heterocycles. The van der Waals surface area contributed by atoms with Crippen LogP contribution in [0.2, 0.25) is 0 Å². The van der Waals surface area contributed by atoms with Gasteiger partial charge in [-0.3, -0.25) is 19.8 Å². The van der Waals surface area contributed by atoms with Crippen LogP contribution in [-0.4, -0.2) is 49.5 Å². The summed E-state index contributed by atoms with van der Waals surface area (Å²) in [7, 11) is 3.55. The molecule has 2 fully saturated rings. The first kappa shape index (κ1) is 20.4. The zero-order chi connectivity index (χ0) is 20.5. The summed E-state index contributed by atoms with van der Waals surface area (Å²) in [6.07, 6.45) is -2.94. The average molecular weight is 400 g/mol. The molecular formula is C18H23F3N4O3. The smallest absolute Gasteiger partial charge is 0.406 e. The van der Waals surface area contributed by atoms with Gasteiger partial charge in [0.05, 0.1) is 18.0 Å². The van der Waals surface area contributed by atoms with E-state index in [-0.39, 0.29) is 24.0 Å². The molecule has 7 nitrogen and oxygen atoms in total. The van der Waals surface area contributed by atoms with E-state index in [4.69, 9.17) is 0 Å². The molecule has 28 heavy (non-hydrogen) atoms. The van der Waals surface area contributed by atoms with Crippen LogP contribution in [0.25, 0.3) is 0 Å². The molecule has 1 aromatic carbocycles. The number of carbonyl (C=O) groups is 2. The Morgan fingerprint density at radius 3 is 2.39 bits per heavy atom. The first-order valence-electron chi connectivity index (χ1n) is 8.98. The van der Waals surface area contributed by atoms with Crippen LogP contribution in [0.4, 0.5) is 13.2 Å². The van der Waals surface area contributed by atoms with Gasteiger partial charge in [0.2, 0.25) is 11.8 Å². The van der Waals surface area contributed by atoms with E-state index in [0.717, 1.165) is 6.42 Å². The Balaban J connectivity index is 1.70. The minimum Gasteiger partial charge on any atom is -0.406 e. The number of amides is 2. The molecule has 0 spiro atoms. The van der Waals surface area contributed by atoms with Crippen molar-refractivity contribution in [3.63, 3.8) is 0 Å². The number of carbonyl (C=O) groups excluding carboxylic acids is 2. The van der Waals surface area contributed by atoms with Crippen LogP contribution in [0.5, 0.6) is 5.75 Å². The van der Waals surface area contributed by atoms with Crippen molar-refractivity contribution >= 4 is 11.8 Å². The molecule has 1 aromatic rings. The minimum atomic E-state index is -4.75. The second-order valence-electron chi connectivity index (χ2n) is 7.35. The molecule has 1 saturated carbocycles. The van der Waals surface area contributed by atoms with Crippen LogP contribution in [0.1, 0.15) is 31.2 Å². The van der Waals surface area contributed by atoms with Gasteiger partial charge in [-0.2, -0.15) is 0 Å². The normalized spacial score (nSPS) is 24.3. The summed E-state index contributed by atoms with van der Waals surface area (Å²) in [5.41, 5.74) is 0.0721. The predicted molar refractivity (Wildman–Crippen MR) is 94.0 cm³/mol. The Morgan fingerprint density at radius 2 is 1.89 bits per heavy atom. The fourth-order valence-corrected chi connectivity index (χ4v) is 3.45. The van der Waals surface area contributed by atoms with Gasteiger partial charge in [-0.1, -0.05) is 12.1 Å². The van der Waals surface area contributed by atoms with Crippen LogP contribution in [0.3, 0.4) is 0 Å². The van der Waals surface area contributed by atoms with Gasteiger partial charge in [0.15, 0.2) is 0 Å². The fraction of sp³-hybridized carbons (Fsp3) is 0.556. The van der Waals surface area contributed by atoms with E-state index in [1.165, 1.54) is 24.3 Å². The van der Waals surface area contributed by atoms with Gasteiger partial charge in [0, 0.05) is 0 Å². The number of hydrogen-bond acceptors (Lipinski definition) is 5. The van der Waals surface area contributed by atoms with Crippen LogP contribution in [0.15, 0.2) is 24.3 Å². The van der Waals surface area contributed by atoms with E-state index in [1.807, 2.05) is 0 Å². The summed E-state index contributed by atoms with van der Waals surface area (Å²) in [4.78, 5) is 26.4. The van der Waals surface area contributed by atoms with E-state index >= 15 is 0 Å². The molecule has 1 aliphatic heterocycles. The molecule has 2 unspecified atom stereocenters. The lowest BCUT2D eigenvalue weighted by Gasteiger charge is -2.44. The first-order chi connectivity index (χ1) is 13.1. The third-order valence-corrected chi connectivity index (χ3v) is 5.09. The van der Waals surface area contributed by atoms with E-state index in [0.29, 0.717) is 18.4 Å². The third kappa shape index (κ3) is 4.56. The number of rotatable bonds is 5. The molecule has 0 bridgehead atoms. The van der Waals surface area contributed by atoms with Gasteiger partial charge in [-0.05, 0) is 51.1 Å². The predicted octanol–water partition coefficient (Wildman–Crippen LogP) is 1.40. The lowest BCUT2D eigenvalue weighted by molar-refractivity contribution is -0.274. The summed E-state index contributed by atoms with van der Waals surface area (Å²) >= 11 is 0. The summed E-state index contributed by atoms with van der Waals surface area (Å²) in [6, 6.07) is 4.85. The molecule has 10 heteroatoms. The molecule has 154 valence electrons. The third-order valence-electron chi connectivity index (χ3n) is 5.09. The van der Waals surface area contributed by atoms with Gasteiger partial charge >= 0.3 is 6.36 Å². The molecule has 1 aliphatic carbocycles. The molecular weight excluding hydrogens is 377 g/mol. The molecule has 0 radical (unpaired) electrons. The molecule has 1 saturated heterocycles. The first-order valence-corrected chi connectivity index (χ1v) is 8.98. The van der Waals surface area contributed by atoms with E-state index in [1.54, 1.807) is 19.0 Å². The SMILES string of the molecule is CN(C)C1NC(=O)CC(C(=O)NC2(c3ccc(OC(F)(F)F)cc3)CCC2)N1. The monoisotopic (exact) mass is 400 g/mol. The molecule has 3 rings (SSSR count). The maximum absolute atomic E-state index is 12.8. The van der Waals surface area contributed by atoms with Crippen LogP contribution in [0, 0.1) is 0 Å². The standard InChI is InChI=1S/C18H23F3N4O3/c1-25(2)16-22-13(10-14(26)23-16)15(27)24-17(8-3-9-17)11-4-6-12(7-5-11)28-18(19,20)21/h4-7,13,16,22H,3,8-10H2,1-2H3,(H,23,26)(H,24,27). The van der Waals surface area contributed by atoms with Gasteiger partial charge < -0.3 is 15.4 Å². The maximum atomic E-state index is 12.8. The Morgan fingerprint density at radius 1 is 1.25 bits per heavy atom. The highest BCUT2D eigenvalue weighted by molar-refractivity contribution is 5.90. The lowest BCUT2D eigenvalue weighted by atomic mass is 9.71. The topological polar surface area (TPSA) is 82.7 Å². The Kier molecular flexibility index (Phi) is 5.53. The number of benzene rings is 1. The quantitative estimate of drug-likeness (QED) is 0.696. The number of ether oxygens (including phenoxy) is 1. The van der Waals surface area contributed by atoms with Gasteiger partial charge in [0.1, 0.15) is 12.0 Å². The number of hydrogen-bond donors (Lipinski definition) is 3. The second-order valence-corrected chi connectivity index (χ2v) is 7.35. The summed E-state index contributed by atoms with van der Waals surface area (Å²) < 4.78 is 40.9. The average Bonchev–Trinajstić information content (AvgIpc) is 2.57. The summed E-state index contributed by atoms with van der Waals surface area (Å²) in [5.74, 6) is -0.845. The minimum absolute atomic E-state index is 0.0185. The largest absolute Gasteiger partial charge is 0.573 e. The number of nitrogens with zero attached hydrogens (tertiary/aromatic N) is 1. The van der Waals surface area contributed by atoms with Crippen LogP contribution >= 0.6 is 0 Å². The van der Waals surface area contributed by atoms with Gasteiger partial charge in [-0.15, -0.1) is 13.2 Å². The van der Waals surface area contributed by atoms with E-state index < -0.39 is 24.2 Å². The maximum Gasteiger partial charge on any atom is 0.573 e. The molecule has 2 amide bonds. The number of halogens is 3. The highest BCUT2D eigenvalue weighted by Crippen LogP contribution is 2.42. The van der Waals surface area contributed by atoms with Crippen molar-refractivity contribution in [2.45, 2.75) is 49.9 Å². The van der Waals surface area contributed by atoms with Gasteiger partial charge in [0.25, 0.3) is 0 Å². The highest BCUT2D eigenvalue weighted by Gasteiger charge is 2.42. The zero-order valence-corrected chi connectivity index (χ0v) is 15.6. The van der Waals surface area contributed by atoms with Crippen molar-refractivity contribution < 1.29 is 27.5 Å². The molecule has 3 N–H and O–H groups in total. The van der Waals surface area contributed by atoms with Crippen molar-refractivity contribution in [1.29, 1.82) is 0 Å². The Hall–Kier alpha value is -2.33. The summed E-state index contributed by atoms with van der Waals surface area (Å²) in [5, 5.41) is 8.82. The molecule has 0 aromatic heterocycles. The number of alkyl halides is 3. The summed E-state index contributed by atoms with van der Waals surface area (Å²) in [6.45, 7) is 0. The Bertz CT molecular complexity index is 733. The second kappa shape index (κ2) is 7.59.